The van der Waals surface area contributed by atoms with Gasteiger partial charge in [-0.2, -0.15) is 0 Å². The van der Waals surface area contributed by atoms with Crippen molar-refractivity contribution in [1.29, 1.82) is 0 Å². The molecule has 0 fully saturated rings. The summed E-state index contributed by atoms with van der Waals surface area (Å²) in [5.74, 6) is 1.71. The summed E-state index contributed by atoms with van der Waals surface area (Å²) in [6.45, 7) is 5.19. The molecule has 0 amide bonds. The second-order valence-corrected chi connectivity index (χ2v) is 4.29. The molecule has 0 aliphatic rings. The minimum absolute atomic E-state index is 0.657. The molecule has 0 atom stereocenters. The van der Waals surface area contributed by atoms with Gasteiger partial charge < -0.3 is 9.88 Å². The first-order valence-corrected chi connectivity index (χ1v) is 6.25. The molecule has 2 rings (SSSR count). The monoisotopic (exact) mass is 245 g/mol. The van der Waals surface area contributed by atoms with Gasteiger partial charge in [0.05, 0.1) is 5.69 Å². The third kappa shape index (κ3) is 2.67. The van der Waals surface area contributed by atoms with Crippen molar-refractivity contribution in [1.82, 2.24) is 19.5 Å². The van der Waals surface area contributed by atoms with Crippen molar-refractivity contribution in [2.75, 3.05) is 12.4 Å². The molecule has 0 aliphatic carbocycles. The van der Waals surface area contributed by atoms with E-state index in [1.54, 1.807) is 0 Å². The number of nitrogens with zero attached hydrogens (tertiary/aromatic N) is 4. The van der Waals surface area contributed by atoms with E-state index in [0.29, 0.717) is 5.95 Å². The highest BCUT2D eigenvalue weighted by Gasteiger charge is 2.08. The molecule has 0 bridgehead atoms. The molecule has 5 nitrogen and oxygen atoms in total. The summed E-state index contributed by atoms with van der Waals surface area (Å²) < 4.78 is 2.18. The Morgan fingerprint density at radius 3 is 2.89 bits per heavy atom. The zero-order valence-electron chi connectivity index (χ0n) is 11.1. The van der Waals surface area contributed by atoms with Crippen molar-refractivity contribution in [2.45, 2.75) is 33.2 Å². The number of rotatable bonds is 5. The molecular formula is C13H19N5. The lowest BCUT2D eigenvalue weighted by Crippen LogP contribution is -2.07. The van der Waals surface area contributed by atoms with Gasteiger partial charge in [0, 0.05) is 38.6 Å². The molecule has 1 N–H and O–H groups in total. The van der Waals surface area contributed by atoms with Gasteiger partial charge in [0.15, 0.2) is 0 Å². The zero-order chi connectivity index (χ0) is 13.0. The van der Waals surface area contributed by atoms with Gasteiger partial charge in [-0.25, -0.2) is 15.0 Å². The predicted molar refractivity (Wildman–Crippen MR) is 71.6 cm³/mol. The number of nitrogens with one attached hydrogen (secondary N) is 1. The average Bonchev–Trinajstić information content (AvgIpc) is 2.80. The van der Waals surface area contributed by atoms with Crippen LogP contribution in [0.2, 0.25) is 0 Å². The van der Waals surface area contributed by atoms with Crippen molar-refractivity contribution >= 4 is 5.95 Å². The Kier molecular flexibility index (Phi) is 3.92. The van der Waals surface area contributed by atoms with Crippen LogP contribution in [-0.4, -0.2) is 26.6 Å². The van der Waals surface area contributed by atoms with Gasteiger partial charge in [-0.15, -0.1) is 0 Å². The van der Waals surface area contributed by atoms with Crippen molar-refractivity contribution in [3.63, 3.8) is 0 Å². The fourth-order valence-corrected chi connectivity index (χ4v) is 1.88. The molecule has 96 valence electrons. The molecule has 0 radical (unpaired) electrons. The van der Waals surface area contributed by atoms with Crippen LogP contribution in [0.4, 0.5) is 5.95 Å². The molecule has 18 heavy (non-hydrogen) atoms. The van der Waals surface area contributed by atoms with Crippen LogP contribution in [0.5, 0.6) is 0 Å². The molecular weight excluding hydrogens is 226 g/mol. The molecule has 2 aromatic heterocycles. The molecule has 0 unspecified atom stereocenters. The number of hydrogen-bond donors (Lipinski definition) is 1. The maximum absolute atomic E-state index is 4.49. The van der Waals surface area contributed by atoms with E-state index >= 15 is 0 Å². The lowest BCUT2D eigenvalue weighted by Gasteiger charge is -2.08. The van der Waals surface area contributed by atoms with Crippen LogP contribution in [-0.2, 0) is 13.0 Å². The Labute approximate surface area is 107 Å². The summed E-state index contributed by atoms with van der Waals surface area (Å²) >= 11 is 0. The van der Waals surface area contributed by atoms with Crippen LogP contribution in [0.15, 0.2) is 18.6 Å². The van der Waals surface area contributed by atoms with Crippen molar-refractivity contribution in [3.8, 4) is 0 Å². The Bertz CT molecular complexity index is 518. The summed E-state index contributed by atoms with van der Waals surface area (Å²) in [6.07, 6.45) is 7.57. The standard InChI is InChI=1S/C13H19N5/c1-4-6-18-7-5-15-12(18)8-11-10(2)9-16-13(14-3)17-11/h5,7,9H,4,6,8H2,1-3H3,(H,14,16,17). The Hall–Kier alpha value is -1.91. The van der Waals surface area contributed by atoms with E-state index in [0.717, 1.165) is 36.5 Å². The van der Waals surface area contributed by atoms with Gasteiger partial charge in [-0.1, -0.05) is 6.92 Å². The summed E-state index contributed by atoms with van der Waals surface area (Å²) in [5.41, 5.74) is 2.12. The van der Waals surface area contributed by atoms with E-state index < -0.39 is 0 Å². The van der Waals surface area contributed by atoms with Crippen LogP contribution < -0.4 is 5.32 Å². The van der Waals surface area contributed by atoms with Gasteiger partial charge in [0.2, 0.25) is 5.95 Å². The van der Waals surface area contributed by atoms with Crippen LogP contribution >= 0.6 is 0 Å². The van der Waals surface area contributed by atoms with Crippen LogP contribution in [0, 0.1) is 6.92 Å². The average molecular weight is 245 g/mol. The van der Waals surface area contributed by atoms with E-state index in [9.17, 15) is 0 Å². The second-order valence-electron chi connectivity index (χ2n) is 4.29. The highest BCUT2D eigenvalue weighted by atomic mass is 15.1. The maximum Gasteiger partial charge on any atom is 0.222 e. The topological polar surface area (TPSA) is 55.6 Å². The fraction of sp³-hybridized carbons (Fsp3) is 0.462. The quantitative estimate of drug-likeness (QED) is 0.875. The van der Waals surface area contributed by atoms with Gasteiger partial charge >= 0.3 is 0 Å². The molecule has 0 saturated carbocycles. The molecule has 0 spiro atoms. The number of imidazole rings is 1. The number of hydrogen-bond acceptors (Lipinski definition) is 4. The molecule has 0 aliphatic heterocycles. The maximum atomic E-state index is 4.49. The van der Waals surface area contributed by atoms with Crippen molar-refractivity contribution in [3.05, 3.63) is 35.7 Å². The molecule has 2 aromatic rings. The third-order valence-corrected chi connectivity index (χ3v) is 2.89. The minimum Gasteiger partial charge on any atom is -0.357 e. The van der Waals surface area contributed by atoms with Gasteiger partial charge in [0.1, 0.15) is 5.82 Å². The minimum atomic E-state index is 0.657. The van der Waals surface area contributed by atoms with E-state index in [1.807, 2.05) is 32.6 Å². The third-order valence-electron chi connectivity index (χ3n) is 2.89. The lowest BCUT2D eigenvalue weighted by atomic mass is 10.2. The van der Waals surface area contributed by atoms with Crippen LogP contribution in [0.1, 0.15) is 30.4 Å². The molecule has 0 saturated heterocycles. The highest BCUT2D eigenvalue weighted by Crippen LogP contribution is 2.12. The Morgan fingerprint density at radius 1 is 1.33 bits per heavy atom. The zero-order valence-corrected chi connectivity index (χ0v) is 11.1. The summed E-state index contributed by atoms with van der Waals surface area (Å²) in [5, 5.41) is 2.96. The van der Waals surface area contributed by atoms with E-state index in [-0.39, 0.29) is 0 Å². The SMILES string of the molecule is CCCn1ccnc1Cc1nc(NC)ncc1C. The summed E-state index contributed by atoms with van der Waals surface area (Å²) in [6, 6.07) is 0. The first kappa shape index (κ1) is 12.5. The van der Waals surface area contributed by atoms with E-state index in [2.05, 4.69) is 31.8 Å². The first-order valence-electron chi connectivity index (χ1n) is 6.25. The second kappa shape index (κ2) is 5.62. The Morgan fingerprint density at radius 2 is 2.17 bits per heavy atom. The van der Waals surface area contributed by atoms with Crippen molar-refractivity contribution in [2.24, 2.45) is 0 Å². The molecule has 5 heteroatoms. The van der Waals surface area contributed by atoms with Gasteiger partial charge in [0.25, 0.3) is 0 Å². The summed E-state index contributed by atoms with van der Waals surface area (Å²) in [7, 11) is 1.83. The smallest absolute Gasteiger partial charge is 0.222 e. The van der Waals surface area contributed by atoms with Crippen molar-refractivity contribution < 1.29 is 0 Å². The fourth-order valence-electron chi connectivity index (χ4n) is 1.88. The van der Waals surface area contributed by atoms with Gasteiger partial charge in [-0.3, -0.25) is 0 Å². The number of aryl methyl sites for hydroxylation is 2. The van der Waals surface area contributed by atoms with Crippen LogP contribution in [0.25, 0.3) is 0 Å². The highest BCUT2D eigenvalue weighted by molar-refractivity contribution is 5.29. The number of aromatic nitrogens is 4. The van der Waals surface area contributed by atoms with E-state index in [4.69, 9.17) is 0 Å². The molecule has 0 aromatic carbocycles. The molecule has 2 heterocycles. The van der Waals surface area contributed by atoms with E-state index in [1.165, 1.54) is 0 Å². The summed E-state index contributed by atoms with van der Waals surface area (Å²) in [4.78, 5) is 13.1. The largest absolute Gasteiger partial charge is 0.357 e. The normalized spacial score (nSPS) is 10.6. The van der Waals surface area contributed by atoms with Crippen LogP contribution in [0.3, 0.4) is 0 Å². The number of anilines is 1. The van der Waals surface area contributed by atoms with Gasteiger partial charge in [-0.05, 0) is 18.9 Å². The predicted octanol–water partition coefficient (Wildman–Crippen LogP) is 2.02. The first-order chi connectivity index (χ1) is 8.74. The lowest BCUT2D eigenvalue weighted by molar-refractivity contribution is 0.644. The Balaban J connectivity index is 2.24.